The molecule has 5 heteroatoms. The normalized spacial score (nSPS) is 27.1. The number of halogens is 1. The van der Waals surface area contributed by atoms with Gasteiger partial charge >= 0.3 is 0 Å². The van der Waals surface area contributed by atoms with E-state index in [-0.39, 0.29) is 17.9 Å². The molecular formula is C15H18BrNO2S. The summed E-state index contributed by atoms with van der Waals surface area (Å²) in [5.74, 6) is 0.541. The van der Waals surface area contributed by atoms with Crippen molar-refractivity contribution >= 4 is 39.0 Å². The highest BCUT2D eigenvalue weighted by Crippen LogP contribution is 2.34. The molecule has 3 nitrogen and oxygen atoms in total. The molecule has 20 heavy (non-hydrogen) atoms. The zero-order valence-electron chi connectivity index (χ0n) is 11.3. The first-order chi connectivity index (χ1) is 9.66. The Morgan fingerprint density at radius 2 is 2.15 bits per heavy atom. The van der Waals surface area contributed by atoms with E-state index in [0.29, 0.717) is 12.2 Å². The minimum absolute atomic E-state index is 0.0846. The highest BCUT2D eigenvalue weighted by molar-refractivity contribution is 9.11. The van der Waals surface area contributed by atoms with Crippen LogP contribution in [-0.4, -0.2) is 29.2 Å². The van der Waals surface area contributed by atoms with Gasteiger partial charge in [0.1, 0.15) is 5.78 Å². The molecule has 2 heterocycles. The summed E-state index contributed by atoms with van der Waals surface area (Å²) in [7, 11) is 0. The van der Waals surface area contributed by atoms with Crippen molar-refractivity contribution < 1.29 is 9.59 Å². The molecule has 0 bridgehead atoms. The first-order valence-electron chi connectivity index (χ1n) is 7.24. The van der Waals surface area contributed by atoms with Gasteiger partial charge in [0.05, 0.1) is 9.35 Å². The van der Waals surface area contributed by atoms with Crippen LogP contribution in [0.15, 0.2) is 15.2 Å². The van der Waals surface area contributed by atoms with Gasteiger partial charge in [-0.1, -0.05) is 0 Å². The topological polar surface area (TPSA) is 37.4 Å². The molecule has 0 radical (unpaired) electrons. The Morgan fingerprint density at radius 1 is 1.30 bits per heavy atom. The summed E-state index contributed by atoms with van der Waals surface area (Å²) in [6.07, 6.45) is 5.81. The first kappa shape index (κ1) is 14.3. The number of carbonyl (C=O) groups is 2. The van der Waals surface area contributed by atoms with Gasteiger partial charge in [-0.05, 0) is 54.1 Å². The zero-order valence-corrected chi connectivity index (χ0v) is 13.7. The van der Waals surface area contributed by atoms with Crippen molar-refractivity contribution in [3.8, 4) is 0 Å². The van der Waals surface area contributed by atoms with E-state index in [4.69, 9.17) is 0 Å². The van der Waals surface area contributed by atoms with Crippen LogP contribution in [0.3, 0.4) is 0 Å². The van der Waals surface area contributed by atoms with E-state index in [0.717, 1.165) is 48.0 Å². The number of hydrogen-bond donors (Lipinski definition) is 0. The molecule has 0 spiro atoms. The molecule has 2 fully saturated rings. The second-order valence-corrected chi connectivity index (χ2v) is 7.96. The standard InChI is InChI=1S/C15H18BrNO2S/c16-14-8-10(9-20-14)15(19)17-7-2-1-5-12(17)11-4-3-6-13(11)18/h8-9,11-12H,1-7H2. The number of amides is 1. The first-order valence-corrected chi connectivity index (χ1v) is 8.92. The average Bonchev–Trinajstić information content (AvgIpc) is 3.07. The van der Waals surface area contributed by atoms with Crippen molar-refractivity contribution in [1.29, 1.82) is 0 Å². The smallest absolute Gasteiger partial charge is 0.255 e. The fourth-order valence-corrected chi connectivity index (χ4v) is 4.60. The molecule has 3 rings (SSSR count). The summed E-state index contributed by atoms with van der Waals surface area (Å²) in [6.45, 7) is 0.792. The third-order valence-electron chi connectivity index (χ3n) is 4.44. The molecule has 2 atom stereocenters. The van der Waals surface area contributed by atoms with Gasteiger partial charge in [0.15, 0.2) is 0 Å². The van der Waals surface area contributed by atoms with Gasteiger partial charge in [-0.2, -0.15) is 0 Å². The fraction of sp³-hybridized carbons (Fsp3) is 0.600. The lowest BCUT2D eigenvalue weighted by Crippen LogP contribution is -2.48. The van der Waals surface area contributed by atoms with E-state index < -0.39 is 0 Å². The Kier molecular flexibility index (Phi) is 4.26. The maximum atomic E-state index is 12.7. The molecule has 1 aromatic heterocycles. The van der Waals surface area contributed by atoms with E-state index in [1.807, 2.05) is 16.3 Å². The van der Waals surface area contributed by atoms with Crippen LogP contribution in [0.2, 0.25) is 0 Å². The van der Waals surface area contributed by atoms with E-state index in [9.17, 15) is 9.59 Å². The summed E-state index contributed by atoms with van der Waals surface area (Å²) in [6, 6.07) is 2.01. The van der Waals surface area contributed by atoms with Crippen LogP contribution in [0.4, 0.5) is 0 Å². The number of nitrogens with zero attached hydrogens (tertiary/aromatic N) is 1. The van der Waals surface area contributed by atoms with Gasteiger partial charge < -0.3 is 4.90 Å². The van der Waals surface area contributed by atoms with Crippen molar-refractivity contribution in [3.63, 3.8) is 0 Å². The summed E-state index contributed by atoms with van der Waals surface area (Å²) in [5.41, 5.74) is 0.749. The number of likely N-dealkylation sites (tertiary alicyclic amines) is 1. The number of Topliss-reactive ketones (excluding diaryl/α,β-unsaturated/α-hetero) is 1. The molecule has 2 unspecified atom stereocenters. The van der Waals surface area contributed by atoms with Crippen LogP contribution in [0.1, 0.15) is 48.9 Å². The number of rotatable bonds is 2. The quantitative estimate of drug-likeness (QED) is 0.807. The lowest BCUT2D eigenvalue weighted by atomic mass is 9.88. The number of carbonyl (C=O) groups excluding carboxylic acids is 2. The highest BCUT2D eigenvalue weighted by Gasteiger charge is 2.38. The molecule has 0 aromatic carbocycles. The van der Waals surface area contributed by atoms with Crippen LogP contribution >= 0.6 is 27.3 Å². The second-order valence-electron chi connectivity index (χ2n) is 5.67. The molecular weight excluding hydrogens is 338 g/mol. The summed E-state index contributed by atoms with van der Waals surface area (Å²) >= 11 is 4.94. The van der Waals surface area contributed by atoms with E-state index in [1.165, 1.54) is 11.3 Å². The molecule has 108 valence electrons. The largest absolute Gasteiger partial charge is 0.335 e. The SMILES string of the molecule is O=C1CCCC1C1CCCCN1C(=O)c1csc(Br)c1. The van der Waals surface area contributed by atoms with E-state index in [2.05, 4.69) is 15.9 Å². The maximum absolute atomic E-state index is 12.7. The minimum Gasteiger partial charge on any atom is -0.335 e. The Bertz CT molecular complexity index is 528. The van der Waals surface area contributed by atoms with Crippen LogP contribution < -0.4 is 0 Å². The van der Waals surface area contributed by atoms with Crippen molar-refractivity contribution in [2.75, 3.05) is 6.54 Å². The fourth-order valence-electron chi connectivity index (χ4n) is 3.47. The summed E-state index contributed by atoms with van der Waals surface area (Å²) < 4.78 is 0.978. The van der Waals surface area contributed by atoms with Crippen molar-refractivity contribution in [2.45, 2.75) is 44.6 Å². The zero-order chi connectivity index (χ0) is 14.1. The van der Waals surface area contributed by atoms with Gasteiger partial charge in [-0.3, -0.25) is 9.59 Å². The lowest BCUT2D eigenvalue weighted by molar-refractivity contribution is -0.122. The Hall–Kier alpha value is -0.680. The van der Waals surface area contributed by atoms with Crippen LogP contribution in [0.5, 0.6) is 0 Å². The van der Waals surface area contributed by atoms with Crippen molar-refractivity contribution in [1.82, 2.24) is 4.90 Å². The number of ketones is 1. The third-order valence-corrected chi connectivity index (χ3v) is 5.95. The maximum Gasteiger partial charge on any atom is 0.255 e. The highest BCUT2D eigenvalue weighted by atomic mass is 79.9. The average molecular weight is 356 g/mol. The Morgan fingerprint density at radius 3 is 2.80 bits per heavy atom. The van der Waals surface area contributed by atoms with Gasteiger partial charge in [0, 0.05) is 30.3 Å². The number of hydrogen-bond acceptors (Lipinski definition) is 3. The number of piperidine rings is 1. The van der Waals surface area contributed by atoms with Gasteiger partial charge in [0.2, 0.25) is 0 Å². The predicted molar refractivity (Wildman–Crippen MR) is 83.0 cm³/mol. The molecule has 1 saturated carbocycles. The summed E-state index contributed by atoms with van der Waals surface area (Å²) in [4.78, 5) is 26.7. The van der Waals surface area contributed by atoms with Gasteiger partial charge in [0.25, 0.3) is 5.91 Å². The molecule has 1 aliphatic heterocycles. The van der Waals surface area contributed by atoms with Crippen molar-refractivity contribution in [3.05, 3.63) is 20.8 Å². The Balaban J connectivity index is 1.81. The Labute approximate surface area is 131 Å². The predicted octanol–water partition coefficient (Wildman–Crippen LogP) is 3.87. The monoisotopic (exact) mass is 355 g/mol. The molecule has 1 amide bonds. The van der Waals surface area contributed by atoms with Gasteiger partial charge in [-0.25, -0.2) is 0 Å². The van der Waals surface area contributed by atoms with Crippen molar-refractivity contribution in [2.24, 2.45) is 5.92 Å². The van der Waals surface area contributed by atoms with E-state index >= 15 is 0 Å². The minimum atomic E-state index is 0.0846. The van der Waals surface area contributed by atoms with E-state index in [1.54, 1.807) is 0 Å². The van der Waals surface area contributed by atoms with Crippen LogP contribution in [-0.2, 0) is 4.79 Å². The molecule has 1 aromatic rings. The van der Waals surface area contributed by atoms with Gasteiger partial charge in [-0.15, -0.1) is 11.3 Å². The second kappa shape index (κ2) is 5.98. The lowest BCUT2D eigenvalue weighted by Gasteiger charge is -2.38. The van der Waals surface area contributed by atoms with Crippen LogP contribution in [0, 0.1) is 5.92 Å². The molecule has 1 aliphatic carbocycles. The van der Waals surface area contributed by atoms with Crippen LogP contribution in [0.25, 0.3) is 0 Å². The molecule has 2 aliphatic rings. The summed E-state index contributed by atoms with van der Waals surface area (Å²) in [5, 5.41) is 1.90. The third kappa shape index (κ3) is 2.70. The molecule has 0 N–H and O–H groups in total. The molecule has 1 saturated heterocycles. The number of thiophene rings is 1.